The van der Waals surface area contributed by atoms with Crippen LogP contribution in [0, 0.1) is 0 Å². The maximum Gasteiger partial charge on any atom is 0.333 e. The van der Waals surface area contributed by atoms with Crippen LogP contribution in [0.15, 0.2) is 93.7 Å². The first-order chi connectivity index (χ1) is 23.0. The fraction of sp³-hybridized carbons (Fsp3) is 0.385. The number of unbranched alkanes of at least 4 members (excludes halogenated alkanes) is 1. The monoisotopic (exact) mass is 685 g/mol. The average Bonchev–Trinajstić information content (AvgIpc) is 3.07. The van der Waals surface area contributed by atoms with Crippen LogP contribution in [0.4, 0.5) is 5.69 Å². The molecule has 0 bridgehead atoms. The molecule has 3 aromatic carbocycles. The largest absolute Gasteiger partial charge is 0.478 e. The van der Waals surface area contributed by atoms with Crippen LogP contribution < -0.4 is 10.2 Å². The number of fused-ring (bicyclic) bond motifs is 2. The standard InChI is InChI=1S/C27H35N3O2S.C12H12O2S/c1-27(2)24(19-22-9-3-4-11-25(22)33-27)26(32)28-12-5-6-13-29-14-16-30(17-15-29)23-10-7-8-21(18-23)20-31;1-12(2)9(11(13)14)7-8-5-3-4-6-10(8)15-12/h3-4,7-11,18-19,31H,5-6,12-17,20H2,1-2H3,(H,28,32);3-7H,1-2H3,(H,13,14). The van der Waals surface area contributed by atoms with Gasteiger partial charge in [0.25, 0.3) is 0 Å². The first kappa shape index (κ1) is 35.8. The third-order valence-corrected chi connectivity index (χ3v) is 11.6. The molecule has 1 saturated heterocycles. The number of amides is 1. The first-order valence-electron chi connectivity index (χ1n) is 16.7. The van der Waals surface area contributed by atoms with Gasteiger partial charge in [0.2, 0.25) is 5.91 Å². The Morgan fingerprint density at radius 1 is 0.771 bits per heavy atom. The van der Waals surface area contributed by atoms with Gasteiger partial charge in [-0.05, 0) is 100 Å². The number of carboxylic acid groups (broad SMARTS) is 1. The Hall–Kier alpha value is -3.50. The van der Waals surface area contributed by atoms with Gasteiger partial charge in [-0.1, -0.05) is 48.5 Å². The highest BCUT2D eigenvalue weighted by Crippen LogP contribution is 2.46. The molecule has 0 atom stereocenters. The quantitative estimate of drug-likeness (QED) is 0.204. The minimum absolute atomic E-state index is 0.0562. The predicted molar refractivity (Wildman–Crippen MR) is 200 cm³/mol. The molecule has 3 aliphatic rings. The lowest BCUT2D eigenvalue weighted by atomic mass is 9.97. The number of nitrogens with zero attached hydrogens (tertiary/aromatic N) is 2. The summed E-state index contributed by atoms with van der Waals surface area (Å²) in [5.74, 6) is -0.775. The molecular weight excluding hydrogens is 639 g/mol. The number of aliphatic hydroxyl groups excluding tert-OH is 1. The number of carbonyl (C=O) groups is 2. The van der Waals surface area contributed by atoms with Crippen LogP contribution in [0.3, 0.4) is 0 Å². The number of nitrogens with one attached hydrogen (secondary N) is 1. The number of anilines is 1. The van der Waals surface area contributed by atoms with Crippen molar-refractivity contribution in [3.8, 4) is 0 Å². The van der Waals surface area contributed by atoms with E-state index < -0.39 is 5.97 Å². The number of hydrogen-bond donors (Lipinski definition) is 3. The molecule has 3 heterocycles. The normalized spacial score (nSPS) is 17.9. The summed E-state index contributed by atoms with van der Waals surface area (Å²) in [6.07, 6.45) is 5.90. The van der Waals surface area contributed by atoms with Gasteiger partial charge in [-0.15, -0.1) is 23.5 Å². The maximum atomic E-state index is 12.9. The minimum atomic E-state index is -0.831. The fourth-order valence-electron chi connectivity index (χ4n) is 6.20. The average molecular weight is 686 g/mol. The van der Waals surface area contributed by atoms with Gasteiger partial charge < -0.3 is 20.4 Å². The van der Waals surface area contributed by atoms with Crippen LogP contribution in [-0.2, 0) is 16.2 Å². The van der Waals surface area contributed by atoms with E-state index in [9.17, 15) is 14.7 Å². The summed E-state index contributed by atoms with van der Waals surface area (Å²) >= 11 is 3.36. The third-order valence-electron chi connectivity index (χ3n) is 8.96. The lowest BCUT2D eigenvalue weighted by Crippen LogP contribution is -2.46. The molecule has 0 aromatic heterocycles. The van der Waals surface area contributed by atoms with E-state index in [1.54, 1.807) is 29.6 Å². The second-order valence-electron chi connectivity index (χ2n) is 13.3. The van der Waals surface area contributed by atoms with Crippen molar-refractivity contribution in [2.24, 2.45) is 0 Å². The number of aliphatic carboxylic acids is 1. The van der Waals surface area contributed by atoms with Crippen molar-refractivity contribution < 1.29 is 19.8 Å². The van der Waals surface area contributed by atoms with Crippen LogP contribution in [-0.4, -0.2) is 75.8 Å². The van der Waals surface area contributed by atoms with E-state index in [0.717, 1.165) is 72.7 Å². The molecule has 0 saturated carbocycles. The van der Waals surface area contributed by atoms with Crippen molar-refractivity contribution in [1.82, 2.24) is 10.2 Å². The van der Waals surface area contributed by atoms with Gasteiger partial charge in [0, 0.05) is 63.3 Å². The summed E-state index contributed by atoms with van der Waals surface area (Å²) < 4.78 is -0.588. The smallest absolute Gasteiger partial charge is 0.333 e. The molecule has 0 spiro atoms. The molecule has 7 nitrogen and oxygen atoms in total. The molecule has 3 aliphatic heterocycles. The number of aliphatic hydroxyl groups is 1. The summed E-state index contributed by atoms with van der Waals surface area (Å²) in [6, 6.07) is 24.3. The molecule has 254 valence electrons. The Morgan fingerprint density at radius 3 is 1.96 bits per heavy atom. The first-order valence-corrected chi connectivity index (χ1v) is 18.3. The third kappa shape index (κ3) is 8.94. The van der Waals surface area contributed by atoms with E-state index in [4.69, 9.17) is 5.11 Å². The highest BCUT2D eigenvalue weighted by atomic mass is 32.2. The van der Waals surface area contributed by atoms with Gasteiger partial charge in [0.1, 0.15) is 0 Å². The summed E-state index contributed by atoms with van der Waals surface area (Å²) in [4.78, 5) is 31.3. The van der Waals surface area contributed by atoms with E-state index in [1.165, 1.54) is 10.6 Å². The molecule has 6 rings (SSSR count). The van der Waals surface area contributed by atoms with Gasteiger partial charge in [-0.3, -0.25) is 9.69 Å². The van der Waals surface area contributed by atoms with Crippen molar-refractivity contribution in [2.45, 2.75) is 66.4 Å². The zero-order valence-corrected chi connectivity index (χ0v) is 30.0. The van der Waals surface area contributed by atoms with E-state index in [2.05, 4.69) is 65.4 Å². The molecule has 0 radical (unpaired) electrons. The Bertz CT molecular complexity index is 1670. The van der Waals surface area contributed by atoms with Crippen LogP contribution in [0.2, 0.25) is 0 Å². The summed E-state index contributed by atoms with van der Waals surface area (Å²) in [7, 11) is 0. The lowest BCUT2D eigenvalue weighted by Gasteiger charge is -2.36. The lowest BCUT2D eigenvalue weighted by molar-refractivity contribution is -0.132. The molecular formula is C39H47N3O4S2. The van der Waals surface area contributed by atoms with Gasteiger partial charge in [0.15, 0.2) is 0 Å². The number of rotatable bonds is 9. The van der Waals surface area contributed by atoms with E-state index in [0.29, 0.717) is 12.1 Å². The van der Waals surface area contributed by atoms with Crippen LogP contribution in [0.1, 0.15) is 57.2 Å². The number of piperazine rings is 1. The summed E-state index contributed by atoms with van der Waals surface area (Å²) in [5.41, 5.74) is 5.61. The molecule has 1 amide bonds. The fourth-order valence-corrected chi connectivity index (χ4v) is 8.60. The zero-order valence-electron chi connectivity index (χ0n) is 28.4. The molecule has 0 aliphatic carbocycles. The van der Waals surface area contributed by atoms with Crippen LogP contribution in [0.25, 0.3) is 12.2 Å². The number of benzene rings is 3. The molecule has 9 heteroatoms. The van der Waals surface area contributed by atoms with Crippen molar-refractivity contribution in [2.75, 3.05) is 44.2 Å². The number of hydrogen-bond acceptors (Lipinski definition) is 7. The SMILES string of the molecule is CC1(C)Sc2ccccc2C=C1C(=O)NCCCCN1CCN(c2cccc(CO)c2)CC1.CC1(C)Sc2ccccc2C=C1C(=O)O. The van der Waals surface area contributed by atoms with E-state index in [-0.39, 0.29) is 22.0 Å². The van der Waals surface area contributed by atoms with Gasteiger partial charge >= 0.3 is 5.97 Å². The second-order valence-corrected chi connectivity index (χ2v) is 16.7. The number of carbonyl (C=O) groups excluding carboxylic acids is 1. The number of thioether (sulfide) groups is 2. The molecule has 1 fully saturated rings. The second kappa shape index (κ2) is 15.8. The maximum absolute atomic E-state index is 12.9. The van der Waals surface area contributed by atoms with Crippen molar-refractivity contribution >= 4 is 53.2 Å². The minimum Gasteiger partial charge on any atom is -0.478 e. The molecule has 48 heavy (non-hydrogen) atoms. The van der Waals surface area contributed by atoms with Gasteiger partial charge in [-0.25, -0.2) is 4.79 Å². The molecule has 3 N–H and O–H groups in total. The van der Waals surface area contributed by atoms with Crippen molar-refractivity contribution in [1.29, 1.82) is 0 Å². The Balaban J connectivity index is 0.000000250. The van der Waals surface area contributed by atoms with E-state index in [1.807, 2.05) is 56.3 Å². The molecule has 3 aromatic rings. The Morgan fingerprint density at radius 2 is 1.35 bits per heavy atom. The predicted octanol–water partition coefficient (Wildman–Crippen LogP) is 7.20. The zero-order chi connectivity index (χ0) is 34.3. The topological polar surface area (TPSA) is 93.1 Å². The van der Waals surface area contributed by atoms with Gasteiger partial charge in [-0.2, -0.15) is 0 Å². The van der Waals surface area contributed by atoms with Crippen LogP contribution in [0.5, 0.6) is 0 Å². The number of carboxylic acids is 1. The summed E-state index contributed by atoms with van der Waals surface area (Å²) in [5, 5.41) is 21.6. The highest BCUT2D eigenvalue weighted by Gasteiger charge is 2.34. The van der Waals surface area contributed by atoms with Crippen molar-refractivity contribution in [3.05, 3.63) is 101 Å². The van der Waals surface area contributed by atoms with Gasteiger partial charge in [0.05, 0.1) is 12.2 Å². The highest BCUT2D eigenvalue weighted by molar-refractivity contribution is 8.01. The van der Waals surface area contributed by atoms with Crippen LogP contribution >= 0.6 is 23.5 Å². The summed E-state index contributed by atoms with van der Waals surface area (Å²) in [6.45, 7) is 14.1. The Kier molecular flexibility index (Phi) is 11.8. The Labute approximate surface area is 293 Å². The molecule has 0 unspecified atom stereocenters. The van der Waals surface area contributed by atoms with E-state index >= 15 is 0 Å². The van der Waals surface area contributed by atoms with Crippen molar-refractivity contribution in [3.63, 3.8) is 0 Å².